The summed E-state index contributed by atoms with van der Waals surface area (Å²) < 4.78 is 1.54. The fraction of sp³-hybridized carbons (Fsp3) is 0.235. The molecule has 2 N–H and O–H groups in total. The Labute approximate surface area is 132 Å². The molecule has 0 aliphatic carbocycles. The predicted octanol–water partition coefficient (Wildman–Crippen LogP) is 2.84. The number of benzene rings is 1. The molecular weight excluding hydrogens is 294 g/mol. The first-order chi connectivity index (χ1) is 10.9. The number of aromatic carboxylic acids is 1. The fourth-order valence-electron chi connectivity index (χ4n) is 2.87. The number of H-pyrrole nitrogens is 1. The molecule has 118 valence electrons. The number of nitrogens with zero attached hydrogens (tertiary/aromatic N) is 2. The van der Waals surface area contributed by atoms with Crippen LogP contribution >= 0.6 is 0 Å². The van der Waals surface area contributed by atoms with Crippen molar-refractivity contribution in [3.05, 3.63) is 57.8 Å². The van der Waals surface area contributed by atoms with Gasteiger partial charge in [0, 0.05) is 11.3 Å². The molecule has 3 rings (SSSR count). The third kappa shape index (κ3) is 2.32. The van der Waals surface area contributed by atoms with Crippen molar-refractivity contribution < 1.29 is 9.90 Å². The molecule has 0 bridgehead atoms. The molecule has 0 unspecified atom stereocenters. The summed E-state index contributed by atoms with van der Waals surface area (Å²) >= 11 is 0. The number of aromatic nitrogens is 3. The van der Waals surface area contributed by atoms with E-state index in [1.165, 1.54) is 6.33 Å². The molecule has 0 fully saturated rings. The SMILES string of the molecule is Cc1ccc(-n2c(C(=O)O)c(C(C)C)c3c(=O)[nH]cnc32)cc1. The maximum atomic E-state index is 12.3. The average Bonchev–Trinajstić information content (AvgIpc) is 2.85. The van der Waals surface area contributed by atoms with E-state index in [4.69, 9.17) is 0 Å². The van der Waals surface area contributed by atoms with Crippen LogP contribution in [0.2, 0.25) is 0 Å². The highest BCUT2D eigenvalue weighted by Gasteiger charge is 2.27. The minimum atomic E-state index is -1.08. The number of aromatic amines is 1. The summed E-state index contributed by atoms with van der Waals surface area (Å²) in [7, 11) is 0. The number of carbonyl (C=O) groups is 1. The molecule has 0 spiro atoms. The van der Waals surface area contributed by atoms with E-state index in [9.17, 15) is 14.7 Å². The first-order valence-electron chi connectivity index (χ1n) is 7.34. The minimum Gasteiger partial charge on any atom is -0.477 e. The van der Waals surface area contributed by atoms with Gasteiger partial charge in [-0.05, 0) is 25.0 Å². The van der Waals surface area contributed by atoms with Crippen molar-refractivity contribution >= 4 is 17.0 Å². The van der Waals surface area contributed by atoms with Crippen molar-refractivity contribution in [2.24, 2.45) is 0 Å². The third-order valence-corrected chi connectivity index (χ3v) is 3.87. The van der Waals surface area contributed by atoms with Crippen molar-refractivity contribution in [3.8, 4) is 5.69 Å². The number of rotatable bonds is 3. The monoisotopic (exact) mass is 311 g/mol. The van der Waals surface area contributed by atoms with E-state index in [0.29, 0.717) is 22.3 Å². The number of carboxylic acid groups (broad SMARTS) is 1. The maximum absolute atomic E-state index is 12.3. The zero-order valence-electron chi connectivity index (χ0n) is 13.1. The van der Waals surface area contributed by atoms with Crippen molar-refractivity contribution in [1.29, 1.82) is 0 Å². The Bertz CT molecular complexity index is 950. The Hall–Kier alpha value is -2.89. The van der Waals surface area contributed by atoms with E-state index < -0.39 is 5.97 Å². The van der Waals surface area contributed by atoms with Crippen LogP contribution in [0, 0.1) is 6.92 Å². The zero-order valence-corrected chi connectivity index (χ0v) is 13.1. The van der Waals surface area contributed by atoms with Gasteiger partial charge in [0.2, 0.25) is 0 Å². The summed E-state index contributed by atoms with van der Waals surface area (Å²) in [6.07, 6.45) is 1.30. The Morgan fingerprint density at radius 3 is 2.48 bits per heavy atom. The summed E-state index contributed by atoms with van der Waals surface area (Å²) in [6, 6.07) is 7.45. The topological polar surface area (TPSA) is 88.0 Å². The lowest BCUT2D eigenvalue weighted by Gasteiger charge is -2.10. The molecule has 0 saturated carbocycles. The second-order valence-electron chi connectivity index (χ2n) is 5.82. The number of hydrogen-bond acceptors (Lipinski definition) is 3. The van der Waals surface area contributed by atoms with Crippen LogP contribution in [0.5, 0.6) is 0 Å². The normalized spacial score (nSPS) is 11.3. The van der Waals surface area contributed by atoms with E-state index in [1.54, 1.807) is 4.57 Å². The van der Waals surface area contributed by atoms with E-state index in [-0.39, 0.29) is 17.2 Å². The molecule has 0 aliphatic heterocycles. The average molecular weight is 311 g/mol. The molecule has 0 aliphatic rings. The smallest absolute Gasteiger partial charge is 0.353 e. The van der Waals surface area contributed by atoms with E-state index in [0.717, 1.165) is 5.56 Å². The lowest BCUT2D eigenvalue weighted by Crippen LogP contribution is -2.10. The van der Waals surface area contributed by atoms with Gasteiger partial charge in [0.15, 0.2) is 5.65 Å². The lowest BCUT2D eigenvalue weighted by atomic mass is 10.0. The third-order valence-electron chi connectivity index (χ3n) is 3.87. The van der Waals surface area contributed by atoms with Crippen LogP contribution in [0.25, 0.3) is 16.7 Å². The number of aryl methyl sites for hydroxylation is 1. The number of fused-ring (bicyclic) bond motifs is 1. The number of nitrogens with one attached hydrogen (secondary N) is 1. The predicted molar refractivity (Wildman–Crippen MR) is 87.5 cm³/mol. The number of carboxylic acids is 1. The van der Waals surface area contributed by atoms with Crippen molar-refractivity contribution in [3.63, 3.8) is 0 Å². The van der Waals surface area contributed by atoms with Crippen molar-refractivity contribution in [1.82, 2.24) is 14.5 Å². The molecule has 2 aromatic heterocycles. The first-order valence-corrected chi connectivity index (χ1v) is 7.34. The van der Waals surface area contributed by atoms with Crippen LogP contribution in [0.1, 0.15) is 41.4 Å². The van der Waals surface area contributed by atoms with Crippen LogP contribution < -0.4 is 5.56 Å². The Balaban J connectivity index is 2.52. The van der Waals surface area contributed by atoms with Gasteiger partial charge >= 0.3 is 5.97 Å². The quantitative estimate of drug-likeness (QED) is 0.778. The fourth-order valence-corrected chi connectivity index (χ4v) is 2.87. The number of hydrogen-bond donors (Lipinski definition) is 2. The second kappa shape index (κ2) is 5.39. The molecule has 3 aromatic rings. The molecule has 0 amide bonds. The summed E-state index contributed by atoms with van der Waals surface area (Å²) in [5.41, 5.74) is 2.36. The van der Waals surface area contributed by atoms with Crippen LogP contribution in [0.3, 0.4) is 0 Å². The molecule has 6 nitrogen and oxygen atoms in total. The van der Waals surface area contributed by atoms with Crippen LogP contribution in [-0.4, -0.2) is 25.6 Å². The zero-order chi connectivity index (χ0) is 16.7. The van der Waals surface area contributed by atoms with Gasteiger partial charge in [0.05, 0.1) is 11.7 Å². The van der Waals surface area contributed by atoms with Crippen molar-refractivity contribution in [2.45, 2.75) is 26.7 Å². The van der Waals surface area contributed by atoms with Gasteiger partial charge in [-0.3, -0.25) is 9.36 Å². The molecule has 0 atom stereocenters. The first kappa shape index (κ1) is 15.0. The van der Waals surface area contributed by atoms with Crippen LogP contribution in [-0.2, 0) is 0 Å². The standard InChI is InChI=1S/C17H17N3O3/c1-9(2)12-13-15(18-8-19-16(13)21)20(14(12)17(22)23)11-6-4-10(3)5-7-11/h4-9H,1-3H3,(H,22,23)(H,18,19,21). The summed E-state index contributed by atoms with van der Waals surface area (Å²) in [4.78, 5) is 31.0. The highest BCUT2D eigenvalue weighted by Crippen LogP contribution is 2.31. The van der Waals surface area contributed by atoms with Gasteiger partial charge in [-0.25, -0.2) is 9.78 Å². The molecule has 0 saturated heterocycles. The Kier molecular flexibility index (Phi) is 3.52. The summed E-state index contributed by atoms with van der Waals surface area (Å²) in [6.45, 7) is 5.69. The van der Waals surface area contributed by atoms with E-state index in [1.807, 2.05) is 45.0 Å². The minimum absolute atomic E-state index is 0.0862. The van der Waals surface area contributed by atoms with E-state index >= 15 is 0 Å². The Morgan fingerprint density at radius 2 is 1.91 bits per heavy atom. The van der Waals surface area contributed by atoms with Crippen molar-refractivity contribution in [2.75, 3.05) is 0 Å². The maximum Gasteiger partial charge on any atom is 0.353 e. The summed E-state index contributed by atoms with van der Waals surface area (Å²) in [5, 5.41) is 10.1. The molecule has 1 aromatic carbocycles. The largest absolute Gasteiger partial charge is 0.477 e. The van der Waals surface area contributed by atoms with Gasteiger partial charge in [-0.15, -0.1) is 0 Å². The second-order valence-corrected chi connectivity index (χ2v) is 5.82. The van der Waals surface area contributed by atoms with Gasteiger partial charge in [0.1, 0.15) is 5.69 Å². The van der Waals surface area contributed by atoms with Gasteiger partial charge < -0.3 is 10.1 Å². The highest BCUT2D eigenvalue weighted by molar-refractivity contribution is 5.98. The molecular formula is C17H17N3O3. The van der Waals surface area contributed by atoms with Gasteiger partial charge in [-0.1, -0.05) is 31.5 Å². The Morgan fingerprint density at radius 1 is 1.26 bits per heavy atom. The highest BCUT2D eigenvalue weighted by atomic mass is 16.4. The van der Waals surface area contributed by atoms with Gasteiger partial charge in [0.25, 0.3) is 5.56 Å². The van der Waals surface area contributed by atoms with Crippen LogP contribution in [0.4, 0.5) is 0 Å². The van der Waals surface area contributed by atoms with E-state index in [2.05, 4.69) is 9.97 Å². The summed E-state index contributed by atoms with van der Waals surface area (Å²) in [5.74, 6) is -1.20. The lowest BCUT2D eigenvalue weighted by molar-refractivity contribution is 0.0687. The molecule has 23 heavy (non-hydrogen) atoms. The molecule has 6 heteroatoms. The molecule has 0 radical (unpaired) electrons. The molecule has 2 heterocycles. The van der Waals surface area contributed by atoms with Crippen LogP contribution in [0.15, 0.2) is 35.4 Å². The van der Waals surface area contributed by atoms with Gasteiger partial charge in [-0.2, -0.15) is 0 Å².